The normalized spacial score (nSPS) is 10.5. The van der Waals surface area contributed by atoms with Gasteiger partial charge in [0.2, 0.25) is 0 Å². The minimum atomic E-state index is -1.38. The number of aliphatic carboxylic acids is 1. The Morgan fingerprint density at radius 1 is 1.50 bits per heavy atom. The molecule has 0 aliphatic heterocycles. The Morgan fingerprint density at radius 3 is 2.57 bits per heavy atom. The number of hydrogen-bond acceptors (Lipinski definition) is 4. The Hall–Kier alpha value is -1.78. The number of carbonyl (C=O) groups excluding carboxylic acids is 1. The molecule has 0 saturated carbocycles. The van der Waals surface area contributed by atoms with E-state index < -0.39 is 17.5 Å². The van der Waals surface area contributed by atoms with Crippen LogP contribution in [0.3, 0.4) is 0 Å². The molecule has 0 aliphatic carbocycles. The van der Waals surface area contributed by atoms with E-state index in [2.05, 4.69) is 16.1 Å². The lowest BCUT2D eigenvalue weighted by atomic mass is 10.3. The van der Waals surface area contributed by atoms with Crippen LogP contribution >= 0.6 is 0 Å². The van der Waals surface area contributed by atoms with Crippen LogP contribution < -0.4 is 0 Å². The highest BCUT2D eigenvalue weighted by Crippen LogP contribution is 1.99. The summed E-state index contributed by atoms with van der Waals surface area (Å²) >= 11 is 0. The average molecular weight is 200 g/mol. The van der Waals surface area contributed by atoms with E-state index >= 15 is 0 Å². The first kappa shape index (κ1) is 12.2. The monoisotopic (exact) mass is 200 g/mol. The van der Waals surface area contributed by atoms with Gasteiger partial charge in [-0.25, -0.2) is 9.59 Å². The van der Waals surface area contributed by atoms with E-state index in [1.54, 1.807) is 6.92 Å². The molecule has 0 spiro atoms. The van der Waals surface area contributed by atoms with Crippen LogP contribution in [0.2, 0.25) is 0 Å². The van der Waals surface area contributed by atoms with Crippen molar-refractivity contribution >= 4 is 11.9 Å². The number of esters is 1. The highest BCUT2D eigenvalue weighted by molar-refractivity contribution is 6.13. The van der Waals surface area contributed by atoms with E-state index in [0.717, 1.165) is 6.26 Å². The van der Waals surface area contributed by atoms with Gasteiger partial charge in [0.05, 0.1) is 6.61 Å². The van der Waals surface area contributed by atoms with Gasteiger partial charge in [0.1, 0.15) is 12.9 Å². The molecule has 0 fully saturated rings. The van der Waals surface area contributed by atoms with Crippen LogP contribution in [0.4, 0.5) is 0 Å². The fourth-order valence-electron chi connectivity index (χ4n) is 0.565. The number of carbonyl (C=O) groups is 2. The Bertz CT molecular complexity index is 254. The van der Waals surface area contributed by atoms with Crippen LogP contribution in [-0.2, 0) is 19.1 Å². The second-order valence-corrected chi connectivity index (χ2v) is 2.18. The van der Waals surface area contributed by atoms with Crippen molar-refractivity contribution in [3.05, 3.63) is 24.5 Å². The molecule has 0 aromatic rings. The van der Waals surface area contributed by atoms with Crippen molar-refractivity contribution in [2.75, 3.05) is 13.2 Å². The number of carboxylic acids is 1. The van der Waals surface area contributed by atoms with Crippen molar-refractivity contribution in [3.63, 3.8) is 0 Å². The van der Waals surface area contributed by atoms with Gasteiger partial charge in [-0.1, -0.05) is 12.7 Å². The maximum absolute atomic E-state index is 11.1. The van der Waals surface area contributed by atoms with Crippen LogP contribution in [0.1, 0.15) is 6.92 Å². The van der Waals surface area contributed by atoms with Gasteiger partial charge in [0.25, 0.3) is 0 Å². The molecule has 5 nitrogen and oxygen atoms in total. The molecule has 0 heterocycles. The van der Waals surface area contributed by atoms with E-state index in [0.29, 0.717) is 0 Å². The Labute approximate surface area is 81.6 Å². The van der Waals surface area contributed by atoms with Gasteiger partial charge in [-0.05, 0) is 6.92 Å². The lowest BCUT2D eigenvalue weighted by Crippen LogP contribution is -2.16. The first-order valence-electron chi connectivity index (χ1n) is 3.96. The SMILES string of the molecule is C=CCOC(=O)C(=COCC)C(=O)O. The van der Waals surface area contributed by atoms with E-state index in [4.69, 9.17) is 5.11 Å². The molecule has 1 N–H and O–H groups in total. The molecule has 0 unspecified atom stereocenters. The zero-order chi connectivity index (χ0) is 11.0. The third-order valence-electron chi connectivity index (χ3n) is 1.15. The van der Waals surface area contributed by atoms with Crippen LogP contribution in [0.25, 0.3) is 0 Å². The zero-order valence-electron chi connectivity index (χ0n) is 7.86. The minimum absolute atomic E-state index is 0.0322. The molecule has 0 amide bonds. The van der Waals surface area contributed by atoms with Gasteiger partial charge in [-0.3, -0.25) is 0 Å². The first-order valence-corrected chi connectivity index (χ1v) is 3.96. The molecule has 0 aromatic carbocycles. The molecule has 0 aromatic heterocycles. The summed E-state index contributed by atoms with van der Waals surface area (Å²) in [5, 5.41) is 8.59. The van der Waals surface area contributed by atoms with Gasteiger partial charge in [-0.2, -0.15) is 0 Å². The maximum Gasteiger partial charge on any atom is 0.349 e. The van der Waals surface area contributed by atoms with Crippen molar-refractivity contribution < 1.29 is 24.2 Å². The summed E-state index contributed by atoms with van der Waals surface area (Å²) in [7, 11) is 0. The lowest BCUT2D eigenvalue weighted by Gasteiger charge is -2.02. The summed E-state index contributed by atoms with van der Waals surface area (Å²) in [5.74, 6) is -2.32. The fourth-order valence-corrected chi connectivity index (χ4v) is 0.565. The standard InChI is InChI=1S/C9H12O5/c1-3-5-14-9(12)7(8(10)11)6-13-4-2/h3,6H,1,4-5H2,2H3,(H,10,11). The molecule has 0 saturated heterocycles. The van der Waals surface area contributed by atoms with Gasteiger partial charge in [0.15, 0.2) is 5.57 Å². The predicted octanol–water partition coefficient (Wildman–Crippen LogP) is 0.721. The first-order chi connectivity index (χ1) is 6.63. The summed E-state index contributed by atoms with van der Waals surface area (Å²) in [4.78, 5) is 21.6. The number of carboxylic acid groups (broad SMARTS) is 1. The largest absolute Gasteiger partial charge is 0.500 e. The highest BCUT2D eigenvalue weighted by atomic mass is 16.5. The van der Waals surface area contributed by atoms with Crippen molar-refractivity contribution in [2.45, 2.75) is 6.92 Å². The third kappa shape index (κ3) is 4.30. The third-order valence-corrected chi connectivity index (χ3v) is 1.15. The Morgan fingerprint density at radius 2 is 2.14 bits per heavy atom. The molecule has 14 heavy (non-hydrogen) atoms. The van der Waals surface area contributed by atoms with E-state index in [9.17, 15) is 9.59 Å². The smallest absolute Gasteiger partial charge is 0.349 e. The number of ether oxygens (including phenoxy) is 2. The Kier molecular flexibility index (Phi) is 5.85. The van der Waals surface area contributed by atoms with Crippen molar-refractivity contribution in [1.29, 1.82) is 0 Å². The molecule has 5 heteroatoms. The zero-order valence-corrected chi connectivity index (χ0v) is 7.86. The predicted molar refractivity (Wildman–Crippen MR) is 48.5 cm³/mol. The summed E-state index contributed by atoms with van der Waals surface area (Å²) in [6.45, 7) is 5.25. The minimum Gasteiger partial charge on any atom is -0.500 e. The molecule has 0 atom stereocenters. The van der Waals surface area contributed by atoms with Gasteiger partial charge in [0, 0.05) is 0 Å². The fraction of sp³-hybridized carbons (Fsp3) is 0.333. The van der Waals surface area contributed by atoms with Crippen LogP contribution in [0.5, 0.6) is 0 Å². The van der Waals surface area contributed by atoms with Crippen molar-refractivity contribution in [3.8, 4) is 0 Å². The van der Waals surface area contributed by atoms with E-state index in [1.165, 1.54) is 6.08 Å². The molecule has 0 radical (unpaired) electrons. The topological polar surface area (TPSA) is 72.8 Å². The van der Waals surface area contributed by atoms with Crippen LogP contribution in [0, 0.1) is 0 Å². The summed E-state index contributed by atoms with van der Waals surface area (Å²) in [6, 6.07) is 0. The van der Waals surface area contributed by atoms with Gasteiger partial charge in [-0.15, -0.1) is 0 Å². The summed E-state index contributed by atoms with van der Waals surface area (Å²) in [5.41, 5.74) is -0.534. The molecule has 78 valence electrons. The van der Waals surface area contributed by atoms with E-state index in [-0.39, 0.29) is 13.2 Å². The quantitative estimate of drug-likeness (QED) is 0.171. The van der Waals surface area contributed by atoms with Crippen molar-refractivity contribution in [1.82, 2.24) is 0 Å². The maximum atomic E-state index is 11.1. The van der Waals surface area contributed by atoms with E-state index in [1.807, 2.05) is 0 Å². The lowest BCUT2D eigenvalue weighted by molar-refractivity contribution is -0.143. The summed E-state index contributed by atoms with van der Waals surface area (Å²) < 4.78 is 9.21. The number of hydrogen-bond donors (Lipinski definition) is 1. The molecule has 0 bridgehead atoms. The average Bonchev–Trinajstić information content (AvgIpc) is 2.14. The second kappa shape index (κ2) is 6.71. The van der Waals surface area contributed by atoms with Crippen LogP contribution in [-0.4, -0.2) is 30.3 Å². The summed E-state index contributed by atoms with van der Waals surface area (Å²) in [6.07, 6.45) is 2.21. The van der Waals surface area contributed by atoms with Crippen LogP contribution in [0.15, 0.2) is 24.5 Å². The second-order valence-electron chi connectivity index (χ2n) is 2.18. The molecular weight excluding hydrogens is 188 g/mol. The molecule has 0 aliphatic rings. The van der Waals surface area contributed by atoms with Crippen molar-refractivity contribution in [2.24, 2.45) is 0 Å². The van der Waals surface area contributed by atoms with Gasteiger partial charge >= 0.3 is 11.9 Å². The Balaban J connectivity index is 4.41. The molecular formula is C9H12O5. The number of rotatable bonds is 6. The molecule has 0 rings (SSSR count). The highest BCUT2D eigenvalue weighted by Gasteiger charge is 2.19. The van der Waals surface area contributed by atoms with Gasteiger partial charge < -0.3 is 14.6 Å².